The second-order valence-corrected chi connectivity index (χ2v) is 5.69. The lowest BCUT2D eigenvalue weighted by Gasteiger charge is -2.27. The number of thioether (sulfide) groups is 1. The molecule has 0 N–H and O–H groups in total. The van der Waals surface area contributed by atoms with Gasteiger partial charge in [0.25, 0.3) is 0 Å². The first kappa shape index (κ1) is 12.7. The summed E-state index contributed by atoms with van der Waals surface area (Å²) in [6, 6.07) is 11.5. The van der Waals surface area contributed by atoms with Crippen molar-refractivity contribution in [1.82, 2.24) is 4.90 Å². The predicted octanol–water partition coefficient (Wildman–Crippen LogP) is 3.22. The van der Waals surface area contributed by atoms with E-state index in [0.717, 1.165) is 25.6 Å². The van der Waals surface area contributed by atoms with E-state index in [1.54, 1.807) is 0 Å². The number of hydrogen-bond donors (Lipinski definition) is 0. The molecule has 92 valence electrons. The van der Waals surface area contributed by atoms with Crippen LogP contribution in [-0.4, -0.2) is 35.5 Å². The molecule has 0 bridgehead atoms. The van der Waals surface area contributed by atoms with Crippen molar-refractivity contribution in [1.29, 1.82) is 0 Å². The first-order valence-corrected chi connectivity index (χ1v) is 7.52. The fourth-order valence-electron chi connectivity index (χ4n) is 2.32. The molecule has 0 unspecified atom stereocenters. The minimum absolute atomic E-state index is 0.765. The van der Waals surface area contributed by atoms with Crippen molar-refractivity contribution in [3.63, 3.8) is 0 Å². The summed E-state index contributed by atoms with van der Waals surface area (Å²) >= 11 is 2.08. The van der Waals surface area contributed by atoms with Crippen molar-refractivity contribution in [2.75, 3.05) is 24.6 Å². The average molecular weight is 247 g/mol. The molecule has 2 heteroatoms. The van der Waals surface area contributed by atoms with Crippen LogP contribution in [0.4, 0.5) is 0 Å². The van der Waals surface area contributed by atoms with Gasteiger partial charge in [-0.15, -0.1) is 6.58 Å². The second-order valence-electron chi connectivity index (χ2n) is 4.54. The van der Waals surface area contributed by atoms with E-state index < -0.39 is 0 Å². The molecule has 0 aromatic heterocycles. The van der Waals surface area contributed by atoms with Crippen LogP contribution in [0.5, 0.6) is 0 Å². The summed E-state index contributed by atoms with van der Waals surface area (Å²) in [7, 11) is 0. The molecule has 1 nitrogen and oxygen atoms in total. The number of rotatable bonds is 6. The molecule has 1 heterocycles. The molecule has 1 aromatic rings. The van der Waals surface area contributed by atoms with Gasteiger partial charge in [0, 0.05) is 24.9 Å². The van der Waals surface area contributed by atoms with Crippen LogP contribution in [0.2, 0.25) is 0 Å². The van der Waals surface area contributed by atoms with E-state index in [4.69, 9.17) is 0 Å². The third-order valence-corrected chi connectivity index (χ3v) is 4.46. The molecular weight excluding hydrogens is 226 g/mol. The highest BCUT2D eigenvalue weighted by atomic mass is 32.2. The lowest BCUT2D eigenvalue weighted by molar-refractivity contribution is 0.239. The molecule has 1 aromatic carbocycles. The van der Waals surface area contributed by atoms with Crippen molar-refractivity contribution in [2.24, 2.45) is 0 Å². The van der Waals surface area contributed by atoms with Gasteiger partial charge >= 0.3 is 0 Å². The Morgan fingerprint density at radius 1 is 1.35 bits per heavy atom. The first-order chi connectivity index (χ1) is 8.40. The Morgan fingerprint density at radius 3 is 2.82 bits per heavy atom. The molecule has 0 aliphatic carbocycles. The van der Waals surface area contributed by atoms with Crippen LogP contribution in [-0.2, 0) is 6.42 Å². The maximum Gasteiger partial charge on any atom is 0.0197 e. The SMILES string of the molecule is C=CCN(CCc1ccccc1)[C@H]1CCSC1. The molecular formula is C15H21NS. The summed E-state index contributed by atoms with van der Waals surface area (Å²) in [5, 5.41) is 0. The summed E-state index contributed by atoms with van der Waals surface area (Å²) in [6.07, 6.45) is 4.52. The van der Waals surface area contributed by atoms with Crippen molar-refractivity contribution < 1.29 is 0 Å². The number of hydrogen-bond acceptors (Lipinski definition) is 2. The van der Waals surface area contributed by atoms with Crippen molar-refractivity contribution in [3.8, 4) is 0 Å². The standard InChI is InChI=1S/C15H21NS/c1-2-10-16(15-9-12-17-13-15)11-8-14-6-4-3-5-7-14/h2-7,15H,1,8-13H2/t15-/m0/s1. The molecule has 0 amide bonds. The molecule has 0 saturated carbocycles. The molecule has 1 atom stereocenters. The Morgan fingerprint density at radius 2 is 2.18 bits per heavy atom. The van der Waals surface area contributed by atoms with E-state index in [9.17, 15) is 0 Å². The third-order valence-electron chi connectivity index (χ3n) is 3.32. The molecule has 0 spiro atoms. The van der Waals surface area contributed by atoms with Crippen LogP contribution in [0.3, 0.4) is 0 Å². The number of nitrogens with zero attached hydrogens (tertiary/aromatic N) is 1. The Bertz CT molecular complexity index is 330. The van der Waals surface area contributed by atoms with Gasteiger partial charge in [-0.3, -0.25) is 4.90 Å². The van der Waals surface area contributed by atoms with Gasteiger partial charge in [0.2, 0.25) is 0 Å². The molecule has 1 aliphatic rings. The topological polar surface area (TPSA) is 3.24 Å². The first-order valence-electron chi connectivity index (χ1n) is 6.37. The van der Waals surface area contributed by atoms with Crippen molar-refractivity contribution in [3.05, 3.63) is 48.6 Å². The molecule has 1 saturated heterocycles. The second kappa shape index (κ2) is 6.87. The van der Waals surface area contributed by atoms with Gasteiger partial charge in [-0.25, -0.2) is 0 Å². The average Bonchev–Trinajstić information content (AvgIpc) is 2.89. The van der Waals surface area contributed by atoms with Crippen LogP contribution < -0.4 is 0 Å². The summed E-state index contributed by atoms with van der Waals surface area (Å²) in [6.45, 7) is 6.06. The Hall–Kier alpha value is -0.730. The zero-order chi connectivity index (χ0) is 11.9. The van der Waals surface area contributed by atoms with Crippen molar-refractivity contribution in [2.45, 2.75) is 18.9 Å². The normalized spacial score (nSPS) is 19.7. The van der Waals surface area contributed by atoms with E-state index in [-0.39, 0.29) is 0 Å². The molecule has 1 fully saturated rings. The van der Waals surface area contributed by atoms with Crippen molar-refractivity contribution >= 4 is 11.8 Å². The van der Waals surface area contributed by atoms with Crippen LogP contribution >= 0.6 is 11.8 Å². The molecule has 1 aliphatic heterocycles. The van der Waals surface area contributed by atoms with Crippen LogP contribution in [0.15, 0.2) is 43.0 Å². The summed E-state index contributed by atoms with van der Waals surface area (Å²) in [5.74, 6) is 2.62. The van der Waals surface area contributed by atoms with E-state index in [2.05, 4.69) is 53.6 Å². The van der Waals surface area contributed by atoms with Gasteiger partial charge in [-0.05, 0) is 24.2 Å². The maximum atomic E-state index is 3.88. The quantitative estimate of drug-likeness (QED) is 0.710. The lowest BCUT2D eigenvalue weighted by Crippen LogP contribution is -2.36. The van der Waals surface area contributed by atoms with Gasteiger partial charge in [-0.2, -0.15) is 11.8 Å². The predicted molar refractivity (Wildman–Crippen MR) is 77.6 cm³/mol. The largest absolute Gasteiger partial charge is 0.296 e. The van der Waals surface area contributed by atoms with Crippen LogP contribution in [0.25, 0.3) is 0 Å². The third kappa shape index (κ3) is 3.90. The Balaban J connectivity index is 1.86. The highest BCUT2D eigenvalue weighted by Gasteiger charge is 2.21. The smallest absolute Gasteiger partial charge is 0.0197 e. The van der Waals surface area contributed by atoms with Gasteiger partial charge < -0.3 is 0 Å². The fraction of sp³-hybridized carbons (Fsp3) is 0.467. The summed E-state index contributed by atoms with van der Waals surface area (Å²) < 4.78 is 0. The minimum Gasteiger partial charge on any atom is -0.296 e. The lowest BCUT2D eigenvalue weighted by atomic mass is 10.1. The Labute approximate surface area is 109 Å². The van der Waals surface area contributed by atoms with E-state index in [0.29, 0.717) is 0 Å². The number of benzene rings is 1. The summed E-state index contributed by atoms with van der Waals surface area (Å²) in [5.41, 5.74) is 1.44. The summed E-state index contributed by atoms with van der Waals surface area (Å²) in [4.78, 5) is 2.58. The molecule has 0 radical (unpaired) electrons. The van der Waals surface area contributed by atoms with E-state index >= 15 is 0 Å². The zero-order valence-electron chi connectivity index (χ0n) is 10.3. The minimum atomic E-state index is 0.765. The van der Waals surface area contributed by atoms with E-state index in [1.807, 2.05) is 6.08 Å². The maximum absolute atomic E-state index is 3.88. The highest BCUT2D eigenvalue weighted by molar-refractivity contribution is 7.99. The zero-order valence-corrected chi connectivity index (χ0v) is 11.2. The molecule has 17 heavy (non-hydrogen) atoms. The van der Waals surface area contributed by atoms with Gasteiger partial charge in [0.05, 0.1) is 0 Å². The van der Waals surface area contributed by atoms with Gasteiger partial charge in [0.15, 0.2) is 0 Å². The molecule has 2 rings (SSSR count). The Kier molecular flexibility index (Phi) is 5.14. The fourth-order valence-corrected chi connectivity index (χ4v) is 3.57. The monoisotopic (exact) mass is 247 g/mol. The van der Waals surface area contributed by atoms with Crippen LogP contribution in [0, 0.1) is 0 Å². The van der Waals surface area contributed by atoms with E-state index in [1.165, 1.54) is 23.5 Å². The van der Waals surface area contributed by atoms with Gasteiger partial charge in [-0.1, -0.05) is 36.4 Å². The van der Waals surface area contributed by atoms with Gasteiger partial charge in [0.1, 0.15) is 0 Å². The van der Waals surface area contributed by atoms with Crippen LogP contribution in [0.1, 0.15) is 12.0 Å². The highest BCUT2D eigenvalue weighted by Crippen LogP contribution is 2.22.